The Morgan fingerprint density at radius 1 is 1.73 bits per heavy atom. The molecule has 0 aromatic carbocycles. The zero-order valence-electron chi connectivity index (χ0n) is 8.55. The van der Waals surface area contributed by atoms with Gasteiger partial charge in [-0.2, -0.15) is 5.10 Å². The molecule has 82 valence electrons. The van der Waals surface area contributed by atoms with Gasteiger partial charge in [-0.3, -0.25) is 9.48 Å². The number of hydrogen-bond acceptors (Lipinski definition) is 4. The molecule has 1 fully saturated rings. The van der Waals surface area contributed by atoms with Gasteiger partial charge in [0, 0.05) is 7.05 Å². The summed E-state index contributed by atoms with van der Waals surface area (Å²) in [6.07, 6.45) is 2.87. The van der Waals surface area contributed by atoms with Crippen molar-refractivity contribution in [3.8, 4) is 0 Å². The summed E-state index contributed by atoms with van der Waals surface area (Å²) < 4.78 is 1.63. The zero-order valence-corrected chi connectivity index (χ0v) is 8.55. The second kappa shape index (κ2) is 3.98. The molecular formula is C9H14N4O2. The molecule has 0 amide bonds. The van der Waals surface area contributed by atoms with Crippen molar-refractivity contribution in [3.05, 3.63) is 12.2 Å². The molecule has 2 heterocycles. The predicted molar refractivity (Wildman–Crippen MR) is 52.1 cm³/mol. The molecule has 1 aromatic rings. The summed E-state index contributed by atoms with van der Waals surface area (Å²) in [7, 11) is 1.80. The summed E-state index contributed by atoms with van der Waals surface area (Å²) in [6, 6.07) is -0.0268. The van der Waals surface area contributed by atoms with Crippen molar-refractivity contribution in [2.45, 2.75) is 18.9 Å². The molecule has 1 aromatic heterocycles. The number of carboxylic acids is 1. The average molecular weight is 210 g/mol. The van der Waals surface area contributed by atoms with Crippen LogP contribution in [0.3, 0.4) is 0 Å². The zero-order chi connectivity index (χ0) is 10.8. The largest absolute Gasteiger partial charge is 0.481 e. The molecule has 0 bridgehead atoms. The van der Waals surface area contributed by atoms with E-state index in [1.165, 1.54) is 0 Å². The van der Waals surface area contributed by atoms with Crippen molar-refractivity contribution in [2.24, 2.45) is 13.0 Å². The molecule has 0 spiro atoms. The van der Waals surface area contributed by atoms with Crippen molar-refractivity contribution in [1.29, 1.82) is 0 Å². The quantitative estimate of drug-likeness (QED) is 0.714. The molecule has 6 nitrogen and oxygen atoms in total. The Bertz CT molecular complexity index is 363. The van der Waals surface area contributed by atoms with Gasteiger partial charge < -0.3 is 10.4 Å². The lowest BCUT2D eigenvalue weighted by molar-refractivity contribution is -0.143. The number of aryl methyl sites for hydroxylation is 1. The van der Waals surface area contributed by atoms with Gasteiger partial charge in [-0.15, -0.1) is 0 Å². The number of carboxylic acid groups (broad SMARTS) is 1. The molecule has 0 radical (unpaired) electrons. The van der Waals surface area contributed by atoms with E-state index in [1.807, 2.05) is 0 Å². The fourth-order valence-electron chi connectivity index (χ4n) is 1.85. The molecule has 1 aliphatic rings. The molecule has 1 aliphatic heterocycles. The first kappa shape index (κ1) is 10.1. The summed E-state index contributed by atoms with van der Waals surface area (Å²) in [6.45, 7) is 0.708. The smallest absolute Gasteiger partial charge is 0.306 e. The van der Waals surface area contributed by atoms with Crippen molar-refractivity contribution < 1.29 is 9.90 Å². The van der Waals surface area contributed by atoms with Crippen LogP contribution < -0.4 is 5.32 Å². The van der Waals surface area contributed by atoms with Gasteiger partial charge in [0.2, 0.25) is 0 Å². The third-order valence-corrected chi connectivity index (χ3v) is 2.68. The van der Waals surface area contributed by atoms with E-state index in [9.17, 15) is 4.79 Å². The summed E-state index contributed by atoms with van der Waals surface area (Å²) >= 11 is 0. The minimum Gasteiger partial charge on any atom is -0.481 e. The molecule has 0 aliphatic carbocycles. The van der Waals surface area contributed by atoms with E-state index in [4.69, 9.17) is 5.11 Å². The highest BCUT2D eigenvalue weighted by Crippen LogP contribution is 2.24. The Kier molecular flexibility index (Phi) is 2.68. The van der Waals surface area contributed by atoms with Crippen LogP contribution in [0.15, 0.2) is 6.33 Å². The van der Waals surface area contributed by atoms with Gasteiger partial charge in [0.05, 0.1) is 12.0 Å². The van der Waals surface area contributed by atoms with Crippen LogP contribution in [-0.2, 0) is 11.8 Å². The van der Waals surface area contributed by atoms with Crippen LogP contribution in [0.4, 0.5) is 0 Å². The van der Waals surface area contributed by atoms with E-state index in [2.05, 4.69) is 15.4 Å². The predicted octanol–water partition coefficient (Wildman–Crippen LogP) is -0.0596. The van der Waals surface area contributed by atoms with E-state index in [0.717, 1.165) is 0 Å². The monoisotopic (exact) mass is 210 g/mol. The van der Waals surface area contributed by atoms with Crippen molar-refractivity contribution >= 4 is 5.97 Å². The maximum absolute atomic E-state index is 10.9. The third-order valence-electron chi connectivity index (χ3n) is 2.68. The molecule has 2 unspecified atom stereocenters. The van der Waals surface area contributed by atoms with Crippen LogP contribution in [0.5, 0.6) is 0 Å². The first-order valence-corrected chi connectivity index (χ1v) is 4.98. The molecule has 6 heteroatoms. The number of carbonyl (C=O) groups is 1. The van der Waals surface area contributed by atoms with Crippen LogP contribution in [0.2, 0.25) is 0 Å². The molecule has 1 saturated heterocycles. The Balaban J connectivity index is 2.07. The number of piperidine rings is 1. The summed E-state index contributed by atoms with van der Waals surface area (Å²) in [5, 5.41) is 16.3. The highest BCUT2D eigenvalue weighted by atomic mass is 16.4. The van der Waals surface area contributed by atoms with Crippen LogP contribution >= 0.6 is 0 Å². The average Bonchev–Trinajstić information content (AvgIpc) is 2.65. The van der Waals surface area contributed by atoms with Crippen molar-refractivity contribution in [3.63, 3.8) is 0 Å². The Morgan fingerprint density at radius 3 is 3.13 bits per heavy atom. The standard InChI is InChI=1S/C9H14N4O2/c1-13-5-11-8(12-13)7-4-6(9(14)15)2-3-10-7/h5-7,10H,2-4H2,1H3,(H,14,15). The summed E-state index contributed by atoms with van der Waals surface area (Å²) in [5.41, 5.74) is 0. The normalized spacial score (nSPS) is 26.5. The van der Waals surface area contributed by atoms with Gasteiger partial charge in [-0.25, -0.2) is 4.98 Å². The fourth-order valence-corrected chi connectivity index (χ4v) is 1.85. The number of rotatable bonds is 2. The molecule has 2 atom stereocenters. The van der Waals surface area contributed by atoms with Gasteiger partial charge in [0.25, 0.3) is 0 Å². The van der Waals surface area contributed by atoms with Crippen molar-refractivity contribution in [1.82, 2.24) is 20.1 Å². The number of aromatic nitrogens is 3. The minimum atomic E-state index is -0.725. The number of hydrogen-bond donors (Lipinski definition) is 2. The van der Waals surface area contributed by atoms with E-state index in [-0.39, 0.29) is 12.0 Å². The second-order valence-corrected chi connectivity index (χ2v) is 3.84. The van der Waals surface area contributed by atoms with Crippen LogP contribution in [-0.4, -0.2) is 32.4 Å². The summed E-state index contributed by atoms with van der Waals surface area (Å²) in [5.74, 6) is -0.319. The first-order chi connectivity index (χ1) is 7.16. The number of nitrogens with one attached hydrogen (secondary N) is 1. The second-order valence-electron chi connectivity index (χ2n) is 3.84. The van der Waals surface area contributed by atoms with Gasteiger partial charge in [-0.1, -0.05) is 0 Å². The molecule has 2 N–H and O–H groups in total. The van der Waals surface area contributed by atoms with Crippen LogP contribution in [0, 0.1) is 5.92 Å². The van der Waals surface area contributed by atoms with E-state index in [1.54, 1.807) is 18.1 Å². The number of nitrogens with zero attached hydrogens (tertiary/aromatic N) is 3. The fraction of sp³-hybridized carbons (Fsp3) is 0.667. The van der Waals surface area contributed by atoms with E-state index in [0.29, 0.717) is 25.2 Å². The maximum Gasteiger partial charge on any atom is 0.306 e. The highest BCUT2D eigenvalue weighted by Gasteiger charge is 2.29. The topological polar surface area (TPSA) is 80.0 Å². The van der Waals surface area contributed by atoms with Crippen LogP contribution in [0.1, 0.15) is 24.7 Å². The van der Waals surface area contributed by atoms with Gasteiger partial charge in [0.15, 0.2) is 5.82 Å². The maximum atomic E-state index is 10.9. The molecule has 2 rings (SSSR count). The number of aliphatic carboxylic acids is 1. The lowest BCUT2D eigenvalue weighted by atomic mass is 9.92. The SMILES string of the molecule is Cn1cnc(C2CC(C(=O)O)CCN2)n1. The highest BCUT2D eigenvalue weighted by molar-refractivity contribution is 5.70. The van der Waals surface area contributed by atoms with Crippen molar-refractivity contribution in [2.75, 3.05) is 6.54 Å². The van der Waals surface area contributed by atoms with Gasteiger partial charge in [-0.05, 0) is 19.4 Å². The van der Waals surface area contributed by atoms with E-state index < -0.39 is 5.97 Å². The lowest BCUT2D eigenvalue weighted by Gasteiger charge is -2.25. The lowest BCUT2D eigenvalue weighted by Crippen LogP contribution is -2.35. The Morgan fingerprint density at radius 2 is 2.53 bits per heavy atom. The third kappa shape index (κ3) is 2.15. The van der Waals surface area contributed by atoms with Crippen LogP contribution in [0.25, 0.3) is 0 Å². The molecule has 15 heavy (non-hydrogen) atoms. The summed E-state index contributed by atoms with van der Waals surface area (Å²) in [4.78, 5) is 15.0. The first-order valence-electron chi connectivity index (χ1n) is 4.98. The van der Waals surface area contributed by atoms with Gasteiger partial charge >= 0.3 is 5.97 Å². The Labute approximate surface area is 87.3 Å². The molecular weight excluding hydrogens is 196 g/mol. The minimum absolute atomic E-state index is 0.0268. The Hall–Kier alpha value is -1.43. The molecule has 0 saturated carbocycles. The van der Waals surface area contributed by atoms with Gasteiger partial charge in [0.1, 0.15) is 6.33 Å². The van der Waals surface area contributed by atoms with E-state index >= 15 is 0 Å².